The van der Waals surface area contributed by atoms with Crippen LogP contribution in [0.2, 0.25) is 0 Å². The maximum Gasteiger partial charge on any atom is 0.248 e. The molecule has 0 spiro atoms. The zero-order valence-electron chi connectivity index (χ0n) is 7.34. The molecule has 1 aromatic heterocycles. The first-order valence-electron chi connectivity index (χ1n) is 4.43. The highest BCUT2D eigenvalue weighted by atomic mass is 127. The molecule has 0 aromatic carbocycles. The Balaban J connectivity index is 2.12. The Bertz CT molecular complexity index is 329. The average Bonchev–Trinajstić information content (AvgIpc) is 2.50. The zero-order chi connectivity index (χ0) is 10.2. The molecule has 14 heavy (non-hydrogen) atoms. The van der Waals surface area contributed by atoms with E-state index >= 15 is 0 Å². The van der Waals surface area contributed by atoms with Crippen molar-refractivity contribution in [3.63, 3.8) is 0 Å². The van der Waals surface area contributed by atoms with Gasteiger partial charge in [0.05, 0.1) is 0 Å². The molecule has 1 unspecified atom stereocenters. The Kier molecular flexibility index (Phi) is 3.01. The molecule has 0 bridgehead atoms. The SMILES string of the molecule is FC1(F)CCCC(c2nnc(I)s2)C1. The van der Waals surface area contributed by atoms with Gasteiger partial charge in [-0.1, -0.05) is 11.3 Å². The van der Waals surface area contributed by atoms with Crippen molar-refractivity contribution in [3.8, 4) is 0 Å². The van der Waals surface area contributed by atoms with E-state index < -0.39 is 5.92 Å². The summed E-state index contributed by atoms with van der Waals surface area (Å²) in [5.41, 5.74) is 0. The molecular formula is C8H9F2IN2S. The zero-order valence-corrected chi connectivity index (χ0v) is 10.3. The molecule has 1 fully saturated rings. The van der Waals surface area contributed by atoms with Crippen molar-refractivity contribution in [2.24, 2.45) is 0 Å². The summed E-state index contributed by atoms with van der Waals surface area (Å²) in [4.78, 5) is 0. The second-order valence-corrected chi connectivity index (χ2v) is 6.31. The van der Waals surface area contributed by atoms with Gasteiger partial charge in [0.2, 0.25) is 5.92 Å². The van der Waals surface area contributed by atoms with E-state index in [0.717, 1.165) is 14.4 Å². The number of aromatic nitrogens is 2. The van der Waals surface area contributed by atoms with E-state index in [2.05, 4.69) is 32.8 Å². The fourth-order valence-electron chi connectivity index (χ4n) is 1.76. The summed E-state index contributed by atoms with van der Waals surface area (Å²) >= 11 is 3.49. The summed E-state index contributed by atoms with van der Waals surface area (Å²) < 4.78 is 27.0. The Hall–Kier alpha value is 0.150. The lowest BCUT2D eigenvalue weighted by Gasteiger charge is -2.27. The number of alkyl halides is 2. The topological polar surface area (TPSA) is 25.8 Å². The Morgan fingerprint density at radius 3 is 2.79 bits per heavy atom. The van der Waals surface area contributed by atoms with Crippen LogP contribution in [-0.4, -0.2) is 16.1 Å². The largest absolute Gasteiger partial charge is 0.248 e. The average molecular weight is 330 g/mol. The van der Waals surface area contributed by atoms with Gasteiger partial charge in [-0.3, -0.25) is 0 Å². The minimum absolute atomic E-state index is 0.0272. The van der Waals surface area contributed by atoms with Gasteiger partial charge in [-0.05, 0) is 35.4 Å². The van der Waals surface area contributed by atoms with Crippen LogP contribution in [0.5, 0.6) is 0 Å². The van der Waals surface area contributed by atoms with Crippen LogP contribution in [0.4, 0.5) is 8.78 Å². The predicted octanol–water partition coefficient (Wildman–Crippen LogP) is 3.44. The molecule has 0 saturated heterocycles. The van der Waals surface area contributed by atoms with Crippen LogP contribution in [0, 0.1) is 3.01 Å². The van der Waals surface area contributed by atoms with Gasteiger partial charge in [0, 0.05) is 18.8 Å². The van der Waals surface area contributed by atoms with Gasteiger partial charge in [0.25, 0.3) is 0 Å². The second-order valence-electron chi connectivity index (χ2n) is 3.54. The third kappa shape index (κ3) is 2.39. The first-order chi connectivity index (χ1) is 6.57. The molecule has 1 aliphatic rings. The third-order valence-electron chi connectivity index (χ3n) is 2.41. The lowest BCUT2D eigenvalue weighted by atomic mass is 9.87. The van der Waals surface area contributed by atoms with E-state index in [1.807, 2.05) is 0 Å². The number of halogens is 3. The lowest BCUT2D eigenvalue weighted by molar-refractivity contribution is -0.0408. The number of hydrogen-bond donors (Lipinski definition) is 0. The fraction of sp³-hybridized carbons (Fsp3) is 0.750. The minimum Gasteiger partial charge on any atom is -0.207 e. The lowest BCUT2D eigenvalue weighted by Crippen LogP contribution is -2.24. The molecule has 2 rings (SSSR count). The molecule has 1 heterocycles. The minimum atomic E-state index is -2.50. The number of nitrogens with zero attached hydrogens (tertiary/aromatic N) is 2. The van der Waals surface area contributed by atoms with E-state index in [1.54, 1.807) is 0 Å². The monoisotopic (exact) mass is 330 g/mol. The molecule has 0 N–H and O–H groups in total. The standard InChI is InChI=1S/C8H9F2IN2S/c9-8(10)3-1-2-5(4-8)6-12-13-7(11)14-6/h5H,1-4H2. The highest BCUT2D eigenvalue weighted by Gasteiger charge is 2.38. The molecule has 1 saturated carbocycles. The molecule has 78 valence electrons. The summed E-state index contributed by atoms with van der Waals surface area (Å²) in [5, 5.41) is 8.55. The van der Waals surface area contributed by atoms with Gasteiger partial charge < -0.3 is 0 Å². The summed E-state index contributed by atoms with van der Waals surface area (Å²) in [6, 6.07) is 0. The van der Waals surface area contributed by atoms with Gasteiger partial charge in [-0.2, -0.15) is 0 Å². The highest BCUT2D eigenvalue weighted by Crippen LogP contribution is 2.42. The smallest absolute Gasteiger partial charge is 0.207 e. The molecule has 6 heteroatoms. The molecule has 0 radical (unpaired) electrons. The van der Waals surface area contributed by atoms with Gasteiger partial charge in [-0.25, -0.2) is 8.78 Å². The Morgan fingerprint density at radius 1 is 1.43 bits per heavy atom. The first kappa shape index (κ1) is 10.7. The van der Waals surface area contributed by atoms with Crippen LogP contribution >= 0.6 is 33.9 Å². The van der Waals surface area contributed by atoms with Crippen LogP contribution in [-0.2, 0) is 0 Å². The van der Waals surface area contributed by atoms with E-state index in [0.29, 0.717) is 6.42 Å². The van der Waals surface area contributed by atoms with Crippen molar-refractivity contribution in [2.75, 3.05) is 0 Å². The first-order valence-corrected chi connectivity index (χ1v) is 6.33. The summed E-state index contributed by atoms with van der Waals surface area (Å²) in [6.45, 7) is 0. The fourth-order valence-corrected chi connectivity index (χ4v) is 3.25. The maximum absolute atomic E-state index is 13.1. The van der Waals surface area contributed by atoms with Crippen molar-refractivity contribution in [3.05, 3.63) is 8.02 Å². The second kappa shape index (κ2) is 3.96. The predicted molar refractivity (Wildman–Crippen MR) is 58.8 cm³/mol. The molecule has 2 nitrogen and oxygen atoms in total. The van der Waals surface area contributed by atoms with Crippen molar-refractivity contribution in [2.45, 2.75) is 37.5 Å². The Morgan fingerprint density at radius 2 is 2.21 bits per heavy atom. The van der Waals surface area contributed by atoms with E-state index in [4.69, 9.17) is 0 Å². The van der Waals surface area contributed by atoms with Crippen LogP contribution in [0.15, 0.2) is 0 Å². The number of hydrogen-bond acceptors (Lipinski definition) is 3. The molecule has 1 atom stereocenters. The number of rotatable bonds is 1. The van der Waals surface area contributed by atoms with E-state index in [9.17, 15) is 8.78 Å². The van der Waals surface area contributed by atoms with Gasteiger partial charge in [-0.15, -0.1) is 10.2 Å². The van der Waals surface area contributed by atoms with Crippen LogP contribution < -0.4 is 0 Å². The summed E-state index contributed by atoms with van der Waals surface area (Å²) in [6.07, 6.45) is 1.38. The summed E-state index contributed by atoms with van der Waals surface area (Å²) in [7, 11) is 0. The maximum atomic E-state index is 13.1. The molecule has 0 amide bonds. The van der Waals surface area contributed by atoms with Gasteiger partial charge in [0.15, 0.2) is 3.01 Å². The van der Waals surface area contributed by atoms with Crippen molar-refractivity contribution < 1.29 is 8.78 Å². The molecule has 0 aliphatic heterocycles. The molecule has 1 aromatic rings. The van der Waals surface area contributed by atoms with Crippen molar-refractivity contribution >= 4 is 33.9 Å². The summed E-state index contributed by atoms with van der Waals surface area (Å²) in [5.74, 6) is -2.58. The molecular weight excluding hydrogens is 321 g/mol. The normalized spacial score (nSPS) is 26.4. The highest BCUT2D eigenvalue weighted by molar-refractivity contribution is 14.1. The Labute approximate surface area is 98.3 Å². The van der Waals surface area contributed by atoms with Gasteiger partial charge in [0.1, 0.15) is 5.01 Å². The van der Waals surface area contributed by atoms with Crippen molar-refractivity contribution in [1.82, 2.24) is 10.2 Å². The van der Waals surface area contributed by atoms with Crippen LogP contribution in [0.3, 0.4) is 0 Å². The van der Waals surface area contributed by atoms with Gasteiger partial charge >= 0.3 is 0 Å². The van der Waals surface area contributed by atoms with Crippen LogP contribution in [0.1, 0.15) is 36.6 Å². The quantitative estimate of drug-likeness (QED) is 0.737. The third-order valence-corrected chi connectivity index (χ3v) is 4.16. The van der Waals surface area contributed by atoms with Crippen LogP contribution in [0.25, 0.3) is 0 Å². The van der Waals surface area contributed by atoms with Crippen molar-refractivity contribution in [1.29, 1.82) is 0 Å². The van der Waals surface area contributed by atoms with E-state index in [-0.39, 0.29) is 18.8 Å². The molecule has 1 aliphatic carbocycles. The van der Waals surface area contributed by atoms with E-state index in [1.165, 1.54) is 11.3 Å².